The average molecular weight is 291 g/mol. The van der Waals surface area contributed by atoms with E-state index in [9.17, 15) is 0 Å². The van der Waals surface area contributed by atoms with Gasteiger partial charge in [-0.3, -0.25) is 4.98 Å². The van der Waals surface area contributed by atoms with Crippen molar-refractivity contribution in [3.8, 4) is 5.75 Å². The first-order valence-electron chi connectivity index (χ1n) is 8.23. The summed E-state index contributed by atoms with van der Waals surface area (Å²) >= 11 is 0. The molecular weight excluding hydrogens is 262 g/mol. The molecule has 1 aromatic rings. The zero-order valence-electron chi connectivity index (χ0n) is 13.6. The Morgan fingerprint density at radius 1 is 1.43 bits per heavy atom. The highest BCUT2D eigenvalue weighted by Gasteiger charge is 2.19. The predicted molar refractivity (Wildman–Crippen MR) is 86.7 cm³/mol. The van der Waals surface area contributed by atoms with Gasteiger partial charge in [-0.25, -0.2) is 0 Å². The van der Waals surface area contributed by atoms with Crippen LogP contribution in [-0.2, 0) is 0 Å². The normalized spacial score (nSPS) is 21.2. The SMILES string of the molecule is CCCNC(C)c1ccc(OCC2CCCCN2C)cn1. The van der Waals surface area contributed by atoms with Crippen LogP contribution in [0.2, 0.25) is 0 Å². The van der Waals surface area contributed by atoms with Crippen LogP contribution >= 0.6 is 0 Å². The van der Waals surface area contributed by atoms with E-state index in [0.29, 0.717) is 12.1 Å². The third-order valence-electron chi connectivity index (χ3n) is 4.27. The van der Waals surface area contributed by atoms with Crippen molar-refractivity contribution in [1.82, 2.24) is 15.2 Å². The highest BCUT2D eigenvalue weighted by Crippen LogP contribution is 2.18. The van der Waals surface area contributed by atoms with Crippen molar-refractivity contribution in [3.05, 3.63) is 24.0 Å². The Balaban J connectivity index is 1.81. The van der Waals surface area contributed by atoms with Crippen molar-refractivity contribution >= 4 is 0 Å². The molecule has 2 rings (SSSR count). The van der Waals surface area contributed by atoms with Crippen LogP contribution < -0.4 is 10.1 Å². The van der Waals surface area contributed by atoms with Gasteiger partial charge < -0.3 is 15.0 Å². The predicted octanol–water partition coefficient (Wildman–Crippen LogP) is 3.01. The van der Waals surface area contributed by atoms with E-state index in [0.717, 1.165) is 31.0 Å². The lowest BCUT2D eigenvalue weighted by atomic mass is 10.0. The molecule has 0 bridgehead atoms. The number of hydrogen-bond acceptors (Lipinski definition) is 4. The maximum absolute atomic E-state index is 5.91. The number of hydrogen-bond donors (Lipinski definition) is 1. The van der Waals surface area contributed by atoms with Crippen molar-refractivity contribution < 1.29 is 4.74 Å². The second kappa shape index (κ2) is 8.35. The number of ether oxygens (including phenoxy) is 1. The van der Waals surface area contributed by atoms with Gasteiger partial charge in [-0.05, 0) is 58.5 Å². The lowest BCUT2D eigenvalue weighted by Crippen LogP contribution is -2.40. The number of nitrogens with zero attached hydrogens (tertiary/aromatic N) is 2. The molecule has 1 aliphatic heterocycles. The summed E-state index contributed by atoms with van der Waals surface area (Å²) in [5.41, 5.74) is 1.07. The second-order valence-corrected chi connectivity index (χ2v) is 6.04. The first-order valence-corrected chi connectivity index (χ1v) is 8.23. The van der Waals surface area contributed by atoms with E-state index in [1.807, 2.05) is 12.3 Å². The maximum atomic E-state index is 5.91. The number of nitrogens with one attached hydrogen (secondary N) is 1. The van der Waals surface area contributed by atoms with Gasteiger partial charge in [0.05, 0.1) is 11.9 Å². The number of likely N-dealkylation sites (tertiary alicyclic amines) is 1. The quantitative estimate of drug-likeness (QED) is 0.838. The van der Waals surface area contributed by atoms with Gasteiger partial charge in [0.1, 0.15) is 12.4 Å². The summed E-state index contributed by atoms with van der Waals surface area (Å²) in [4.78, 5) is 6.92. The Labute approximate surface area is 128 Å². The number of piperidine rings is 1. The van der Waals surface area contributed by atoms with Crippen molar-refractivity contribution in [2.75, 3.05) is 26.7 Å². The summed E-state index contributed by atoms with van der Waals surface area (Å²) in [6, 6.07) is 4.94. The number of pyridine rings is 1. The van der Waals surface area contributed by atoms with Crippen LogP contribution in [0.5, 0.6) is 5.75 Å². The molecule has 21 heavy (non-hydrogen) atoms. The van der Waals surface area contributed by atoms with Crippen molar-refractivity contribution in [1.29, 1.82) is 0 Å². The molecule has 1 aromatic heterocycles. The van der Waals surface area contributed by atoms with Crippen LogP contribution in [0.15, 0.2) is 18.3 Å². The van der Waals surface area contributed by atoms with Gasteiger partial charge in [0, 0.05) is 12.1 Å². The zero-order chi connectivity index (χ0) is 15.1. The number of rotatable bonds is 7. The van der Waals surface area contributed by atoms with Crippen LogP contribution in [0, 0.1) is 0 Å². The summed E-state index contributed by atoms with van der Waals surface area (Å²) in [6.07, 6.45) is 6.85. The third-order valence-corrected chi connectivity index (χ3v) is 4.27. The van der Waals surface area contributed by atoms with Gasteiger partial charge in [-0.1, -0.05) is 13.3 Å². The molecule has 1 saturated heterocycles. The Bertz CT molecular complexity index is 407. The van der Waals surface area contributed by atoms with E-state index in [2.05, 4.69) is 42.2 Å². The molecule has 1 N–H and O–H groups in total. The Hall–Kier alpha value is -1.13. The van der Waals surface area contributed by atoms with E-state index in [4.69, 9.17) is 4.74 Å². The topological polar surface area (TPSA) is 37.4 Å². The van der Waals surface area contributed by atoms with Gasteiger partial charge in [-0.2, -0.15) is 0 Å². The molecule has 2 unspecified atom stereocenters. The standard InChI is InChI=1S/C17H29N3O/c1-4-10-18-14(2)17-9-8-16(12-19-17)21-13-15-7-5-6-11-20(15)3/h8-9,12,14-15,18H,4-7,10-11,13H2,1-3H3. The van der Waals surface area contributed by atoms with Crippen LogP contribution in [0.3, 0.4) is 0 Å². The second-order valence-electron chi connectivity index (χ2n) is 6.04. The fraction of sp³-hybridized carbons (Fsp3) is 0.706. The molecule has 0 spiro atoms. The molecule has 4 nitrogen and oxygen atoms in total. The minimum Gasteiger partial charge on any atom is -0.490 e. The minimum atomic E-state index is 0.295. The smallest absolute Gasteiger partial charge is 0.137 e. The molecule has 0 saturated carbocycles. The Morgan fingerprint density at radius 2 is 2.29 bits per heavy atom. The first-order chi connectivity index (χ1) is 10.2. The minimum absolute atomic E-state index is 0.295. The van der Waals surface area contributed by atoms with Crippen molar-refractivity contribution in [2.45, 2.75) is 51.6 Å². The van der Waals surface area contributed by atoms with Crippen LogP contribution in [0.4, 0.5) is 0 Å². The van der Waals surface area contributed by atoms with E-state index < -0.39 is 0 Å². The molecule has 0 aliphatic carbocycles. The Morgan fingerprint density at radius 3 is 2.95 bits per heavy atom. The fourth-order valence-corrected chi connectivity index (χ4v) is 2.75. The van der Waals surface area contributed by atoms with Crippen LogP contribution in [-0.4, -0.2) is 42.7 Å². The van der Waals surface area contributed by atoms with Crippen LogP contribution in [0.25, 0.3) is 0 Å². The monoisotopic (exact) mass is 291 g/mol. The molecule has 2 heterocycles. The fourth-order valence-electron chi connectivity index (χ4n) is 2.75. The molecule has 2 atom stereocenters. The molecule has 0 radical (unpaired) electrons. The van der Waals surface area contributed by atoms with Gasteiger partial charge in [-0.15, -0.1) is 0 Å². The highest BCUT2D eigenvalue weighted by atomic mass is 16.5. The van der Waals surface area contributed by atoms with Gasteiger partial charge >= 0.3 is 0 Å². The summed E-state index contributed by atoms with van der Waals surface area (Å²) in [5, 5.41) is 3.45. The third kappa shape index (κ3) is 4.97. The van der Waals surface area contributed by atoms with Crippen molar-refractivity contribution in [2.24, 2.45) is 0 Å². The number of aromatic nitrogens is 1. The molecule has 1 fully saturated rings. The van der Waals surface area contributed by atoms with Gasteiger partial charge in [0.25, 0.3) is 0 Å². The summed E-state index contributed by atoms with van der Waals surface area (Å²) < 4.78 is 5.91. The largest absolute Gasteiger partial charge is 0.490 e. The molecule has 0 aromatic carbocycles. The molecule has 118 valence electrons. The average Bonchev–Trinajstić information content (AvgIpc) is 2.52. The van der Waals surface area contributed by atoms with E-state index in [1.54, 1.807) is 0 Å². The van der Waals surface area contributed by atoms with E-state index >= 15 is 0 Å². The summed E-state index contributed by atoms with van der Waals surface area (Å²) in [7, 11) is 2.19. The Kier molecular flexibility index (Phi) is 6.46. The molecule has 4 heteroatoms. The summed E-state index contributed by atoms with van der Waals surface area (Å²) in [6.45, 7) is 7.30. The zero-order valence-corrected chi connectivity index (χ0v) is 13.6. The van der Waals surface area contributed by atoms with E-state index in [1.165, 1.54) is 25.8 Å². The molecular formula is C17H29N3O. The lowest BCUT2D eigenvalue weighted by molar-refractivity contribution is 0.125. The maximum Gasteiger partial charge on any atom is 0.137 e. The van der Waals surface area contributed by atoms with E-state index in [-0.39, 0.29) is 0 Å². The van der Waals surface area contributed by atoms with Gasteiger partial charge in [0.15, 0.2) is 0 Å². The molecule has 0 amide bonds. The van der Waals surface area contributed by atoms with Crippen LogP contribution in [0.1, 0.15) is 51.3 Å². The van der Waals surface area contributed by atoms with Gasteiger partial charge in [0.2, 0.25) is 0 Å². The van der Waals surface area contributed by atoms with Crippen molar-refractivity contribution in [3.63, 3.8) is 0 Å². The first kappa shape index (κ1) is 16.2. The molecule has 1 aliphatic rings. The summed E-state index contributed by atoms with van der Waals surface area (Å²) in [5.74, 6) is 0.875. The number of likely N-dealkylation sites (N-methyl/N-ethyl adjacent to an activating group) is 1. The highest BCUT2D eigenvalue weighted by molar-refractivity contribution is 5.21. The lowest BCUT2D eigenvalue weighted by Gasteiger charge is -2.32.